The molecule has 0 heterocycles. The first-order valence-corrected chi connectivity index (χ1v) is 6.18. The van der Waals surface area contributed by atoms with Gasteiger partial charge >= 0.3 is 5.97 Å². The number of likely N-dealkylation sites (N-methyl/N-ethyl adjacent to an activating group) is 1. The second-order valence-electron chi connectivity index (χ2n) is 4.72. The molecule has 0 atom stereocenters. The van der Waals surface area contributed by atoms with Crippen molar-refractivity contribution in [2.24, 2.45) is 0 Å². The average Bonchev–Trinajstić information content (AvgIpc) is 2.35. The van der Waals surface area contributed by atoms with E-state index in [1.807, 2.05) is 54.3 Å². The van der Waals surface area contributed by atoms with E-state index in [0.717, 1.165) is 5.56 Å². The number of aliphatic carboxylic acids is 1. The molecule has 0 aliphatic rings. The molecule has 0 saturated heterocycles. The third-order valence-electron chi connectivity index (χ3n) is 3.13. The molecule has 0 aromatic heterocycles. The molecule has 0 amide bonds. The third kappa shape index (κ3) is 3.70. The molecule has 0 radical (unpaired) electrons. The van der Waals surface area contributed by atoms with Gasteiger partial charge in [0.15, 0.2) is 0 Å². The normalized spacial score (nSPS) is 12.2. The van der Waals surface area contributed by atoms with E-state index in [9.17, 15) is 9.90 Å². The molecule has 0 fully saturated rings. The number of carbonyl (C=O) groups is 1. The van der Waals surface area contributed by atoms with Crippen molar-refractivity contribution in [1.82, 2.24) is 4.90 Å². The fourth-order valence-corrected chi connectivity index (χ4v) is 1.77. The van der Waals surface area contributed by atoms with Crippen LogP contribution in [0.15, 0.2) is 36.4 Å². The molecule has 0 saturated carbocycles. The first-order valence-electron chi connectivity index (χ1n) is 6.18. The highest BCUT2D eigenvalue weighted by Gasteiger charge is 2.32. The topological polar surface area (TPSA) is 40.5 Å². The summed E-state index contributed by atoms with van der Waals surface area (Å²) in [6, 6.07) is 9.99. The zero-order valence-corrected chi connectivity index (χ0v) is 11.3. The van der Waals surface area contributed by atoms with Crippen LogP contribution < -0.4 is 0 Å². The predicted molar refractivity (Wildman–Crippen MR) is 74.4 cm³/mol. The minimum Gasteiger partial charge on any atom is -0.480 e. The summed E-state index contributed by atoms with van der Waals surface area (Å²) in [5.41, 5.74) is 0.289. The minimum atomic E-state index is -0.838. The number of hydrogen-bond acceptors (Lipinski definition) is 2. The van der Waals surface area contributed by atoms with Crippen molar-refractivity contribution in [3.05, 3.63) is 42.0 Å². The highest BCUT2D eigenvalue weighted by Crippen LogP contribution is 2.14. The Morgan fingerprint density at radius 1 is 1.33 bits per heavy atom. The number of nitrogens with zero attached hydrogens (tertiary/aromatic N) is 1. The molecule has 3 heteroatoms. The van der Waals surface area contributed by atoms with Crippen molar-refractivity contribution in [2.45, 2.75) is 26.3 Å². The van der Waals surface area contributed by atoms with Crippen LogP contribution in [0.5, 0.6) is 0 Å². The lowest BCUT2D eigenvalue weighted by Crippen LogP contribution is -2.50. The second kappa shape index (κ2) is 6.36. The lowest BCUT2D eigenvalue weighted by Gasteiger charge is -2.33. The van der Waals surface area contributed by atoms with E-state index in [1.54, 1.807) is 13.8 Å². The van der Waals surface area contributed by atoms with Crippen LogP contribution in [0.3, 0.4) is 0 Å². The number of hydrogen-bond donors (Lipinski definition) is 1. The van der Waals surface area contributed by atoms with Crippen molar-refractivity contribution in [1.29, 1.82) is 0 Å². The summed E-state index contributed by atoms with van der Waals surface area (Å²) in [6.07, 6.45) is 4.02. The fourth-order valence-electron chi connectivity index (χ4n) is 1.77. The largest absolute Gasteiger partial charge is 0.480 e. The maximum atomic E-state index is 11.2. The Bertz CT molecular complexity index is 410. The summed E-state index contributed by atoms with van der Waals surface area (Å²) in [4.78, 5) is 13.1. The molecule has 0 spiro atoms. The molecule has 98 valence electrons. The Balaban J connectivity index is 2.66. The number of rotatable bonds is 6. The summed E-state index contributed by atoms with van der Waals surface area (Å²) >= 11 is 0. The Kier molecular flexibility index (Phi) is 5.10. The highest BCUT2D eigenvalue weighted by molar-refractivity contribution is 5.77. The van der Waals surface area contributed by atoms with Gasteiger partial charge in [-0.25, -0.2) is 0 Å². The van der Waals surface area contributed by atoms with Crippen LogP contribution in [-0.2, 0) is 4.79 Å². The molecular formula is C15H21NO2. The monoisotopic (exact) mass is 247 g/mol. The Hall–Kier alpha value is -1.61. The van der Waals surface area contributed by atoms with Crippen LogP contribution in [0.4, 0.5) is 0 Å². The van der Waals surface area contributed by atoms with E-state index in [1.165, 1.54) is 0 Å². The lowest BCUT2D eigenvalue weighted by molar-refractivity contribution is -0.148. The SMILES string of the molecule is CCN(CC=Cc1ccccc1)C(C)(C)C(=O)O. The van der Waals surface area contributed by atoms with Gasteiger partial charge < -0.3 is 5.11 Å². The first kappa shape index (κ1) is 14.5. The molecule has 3 nitrogen and oxygen atoms in total. The summed E-state index contributed by atoms with van der Waals surface area (Å²) < 4.78 is 0. The van der Waals surface area contributed by atoms with Crippen molar-refractivity contribution in [3.8, 4) is 0 Å². The molecule has 18 heavy (non-hydrogen) atoms. The Morgan fingerprint density at radius 3 is 2.44 bits per heavy atom. The second-order valence-corrected chi connectivity index (χ2v) is 4.72. The van der Waals surface area contributed by atoms with Gasteiger partial charge in [-0.3, -0.25) is 9.69 Å². The van der Waals surface area contributed by atoms with E-state index < -0.39 is 11.5 Å². The zero-order valence-electron chi connectivity index (χ0n) is 11.3. The molecule has 0 aliphatic carbocycles. The summed E-state index contributed by atoms with van der Waals surface area (Å²) in [5, 5.41) is 9.19. The van der Waals surface area contributed by atoms with Crippen molar-refractivity contribution in [2.75, 3.05) is 13.1 Å². The molecule has 0 aliphatic heterocycles. The first-order chi connectivity index (χ1) is 8.48. The molecule has 1 rings (SSSR count). The Labute approximate surface area is 109 Å². The van der Waals surface area contributed by atoms with Gasteiger partial charge in [-0.05, 0) is 26.0 Å². The van der Waals surface area contributed by atoms with E-state index >= 15 is 0 Å². The van der Waals surface area contributed by atoms with E-state index in [4.69, 9.17) is 0 Å². The molecule has 0 unspecified atom stereocenters. The van der Waals surface area contributed by atoms with Crippen LogP contribution in [0.2, 0.25) is 0 Å². The van der Waals surface area contributed by atoms with Crippen molar-refractivity contribution >= 4 is 12.0 Å². The van der Waals surface area contributed by atoms with Gasteiger partial charge in [0, 0.05) is 6.54 Å². The number of carboxylic acids is 1. The maximum absolute atomic E-state index is 11.2. The maximum Gasteiger partial charge on any atom is 0.323 e. The molecule has 1 N–H and O–H groups in total. The van der Waals surface area contributed by atoms with Crippen LogP contribution in [0, 0.1) is 0 Å². The summed E-state index contributed by atoms with van der Waals surface area (Å²) in [7, 11) is 0. The van der Waals surface area contributed by atoms with Gasteiger partial charge in [0.1, 0.15) is 5.54 Å². The van der Waals surface area contributed by atoms with Gasteiger partial charge in [-0.2, -0.15) is 0 Å². The standard InChI is InChI=1S/C15H21NO2/c1-4-16(15(2,3)14(17)18)12-8-11-13-9-6-5-7-10-13/h5-11H,4,12H2,1-3H3,(H,17,18). The minimum absolute atomic E-state index is 0.630. The number of carboxylic acid groups (broad SMARTS) is 1. The van der Waals surface area contributed by atoms with Gasteiger partial charge in [-0.1, -0.05) is 49.4 Å². The van der Waals surface area contributed by atoms with Gasteiger partial charge in [0.2, 0.25) is 0 Å². The average molecular weight is 247 g/mol. The molecule has 1 aromatic rings. The summed E-state index contributed by atoms with van der Waals surface area (Å²) in [6.45, 7) is 6.77. The fraction of sp³-hybridized carbons (Fsp3) is 0.400. The smallest absolute Gasteiger partial charge is 0.323 e. The molecular weight excluding hydrogens is 226 g/mol. The molecule has 0 bridgehead atoms. The quantitative estimate of drug-likeness (QED) is 0.840. The van der Waals surface area contributed by atoms with Crippen LogP contribution in [-0.4, -0.2) is 34.6 Å². The van der Waals surface area contributed by atoms with E-state index in [-0.39, 0.29) is 0 Å². The van der Waals surface area contributed by atoms with Crippen LogP contribution in [0.25, 0.3) is 6.08 Å². The highest BCUT2D eigenvalue weighted by atomic mass is 16.4. The van der Waals surface area contributed by atoms with E-state index in [0.29, 0.717) is 13.1 Å². The Morgan fingerprint density at radius 2 is 1.94 bits per heavy atom. The van der Waals surface area contributed by atoms with E-state index in [2.05, 4.69) is 0 Å². The predicted octanol–water partition coefficient (Wildman–Crippen LogP) is 2.88. The van der Waals surface area contributed by atoms with Crippen molar-refractivity contribution in [3.63, 3.8) is 0 Å². The lowest BCUT2D eigenvalue weighted by atomic mass is 10.0. The third-order valence-corrected chi connectivity index (χ3v) is 3.13. The van der Waals surface area contributed by atoms with Gasteiger partial charge in [-0.15, -0.1) is 0 Å². The van der Waals surface area contributed by atoms with Crippen LogP contribution >= 0.6 is 0 Å². The zero-order chi connectivity index (χ0) is 13.6. The van der Waals surface area contributed by atoms with Crippen molar-refractivity contribution < 1.29 is 9.90 Å². The van der Waals surface area contributed by atoms with Crippen LogP contribution in [0.1, 0.15) is 26.3 Å². The van der Waals surface area contributed by atoms with Gasteiger partial charge in [0.05, 0.1) is 0 Å². The number of benzene rings is 1. The molecule has 1 aromatic carbocycles. The summed E-state index contributed by atoms with van der Waals surface area (Å²) in [5.74, 6) is -0.794. The van der Waals surface area contributed by atoms with Gasteiger partial charge in [0.25, 0.3) is 0 Å².